The van der Waals surface area contributed by atoms with Crippen LogP contribution < -0.4 is 5.32 Å². The van der Waals surface area contributed by atoms with Gasteiger partial charge in [0.05, 0.1) is 5.00 Å². The van der Waals surface area contributed by atoms with Gasteiger partial charge in [-0.05, 0) is 25.0 Å². The van der Waals surface area contributed by atoms with Crippen LogP contribution in [0, 0.1) is 6.92 Å². The van der Waals surface area contributed by atoms with Crippen molar-refractivity contribution in [2.24, 2.45) is 0 Å². The Labute approximate surface area is 66.1 Å². The molecule has 0 radical (unpaired) electrons. The molecule has 0 unspecified atom stereocenters. The van der Waals surface area contributed by atoms with Crippen LogP contribution in [0.5, 0.6) is 0 Å². The molecule has 0 fully saturated rings. The summed E-state index contributed by atoms with van der Waals surface area (Å²) in [5, 5.41) is 4.47. The zero-order valence-electron chi connectivity index (χ0n) is 6.69. The van der Waals surface area contributed by atoms with E-state index in [2.05, 4.69) is 25.2 Å². The van der Waals surface area contributed by atoms with Crippen molar-refractivity contribution in [3.63, 3.8) is 0 Å². The maximum atomic E-state index is 3.17. The fraction of sp³-hybridized carbons (Fsp3) is 0.500. The summed E-state index contributed by atoms with van der Waals surface area (Å²) in [5.41, 5.74) is 1.37. The van der Waals surface area contributed by atoms with Crippen molar-refractivity contribution in [1.29, 1.82) is 0 Å². The number of thiophene rings is 1. The highest BCUT2D eigenvalue weighted by atomic mass is 32.1. The lowest BCUT2D eigenvalue weighted by Crippen LogP contribution is -1.83. The van der Waals surface area contributed by atoms with Crippen molar-refractivity contribution < 1.29 is 0 Å². The van der Waals surface area contributed by atoms with E-state index in [4.69, 9.17) is 0 Å². The van der Waals surface area contributed by atoms with Crippen molar-refractivity contribution in [1.82, 2.24) is 0 Å². The van der Waals surface area contributed by atoms with E-state index >= 15 is 0 Å². The Morgan fingerprint density at radius 2 is 2.30 bits per heavy atom. The Morgan fingerprint density at radius 1 is 1.60 bits per heavy atom. The predicted molar refractivity (Wildman–Crippen MR) is 48.0 cm³/mol. The first-order valence-electron chi connectivity index (χ1n) is 3.55. The van der Waals surface area contributed by atoms with Gasteiger partial charge in [0.1, 0.15) is 0 Å². The molecular weight excluding hydrogens is 142 g/mol. The third-order valence-corrected chi connectivity index (χ3v) is 2.94. The van der Waals surface area contributed by atoms with Crippen molar-refractivity contribution >= 4 is 16.3 Å². The van der Waals surface area contributed by atoms with E-state index in [9.17, 15) is 0 Å². The van der Waals surface area contributed by atoms with Gasteiger partial charge in [0, 0.05) is 11.9 Å². The highest BCUT2D eigenvalue weighted by molar-refractivity contribution is 7.16. The SMILES string of the molecule is CCc1cc(C)c(NC)s1. The minimum atomic E-state index is 1.15. The standard InChI is InChI=1S/C8H13NS/c1-4-7-5-6(2)8(9-3)10-7/h5,9H,4H2,1-3H3. The predicted octanol–water partition coefficient (Wildman–Crippen LogP) is 2.66. The zero-order valence-corrected chi connectivity index (χ0v) is 7.51. The number of hydrogen-bond donors (Lipinski definition) is 1. The van der Waals surface area contributed by atoms with E-state index in [0.29, 0.717) is 0 Å². The quantitative estimate of drug-likeness (QED) is 0.692. The van der Waals surface area contributed by atoms with Crippen molar-refractivity contribution in [2.75, 3.05) is 12.4 Å². The van der Waals surface area contributed by atoms with Gasteiger partial charge >= 0.3 is 0 Å². The molecule has 2 heteroatoms. The van der Waals surface area contributed by atoms with Gasteiger partial charge in [-0.2, -0.15) is 0 Å². The molecule has 1 rings (SSSR count). The first kappa shape index (κ1) is 7.61. The monoisotopic (exact) mass is 155 g/mol. The molecule has 0 aliphatic rings. The molecule has 1 aromatic heterocycles. The van der Waals surface area contributed by atoms with Gasteiger partial charge in [-0.15, -0.1) is 11.3 Å². The molecule has 0 saturated heterocycles. The molecule has 1 N–H and O–H groups in total. The third kappa shape index (κ3) is 1.32. The van der Waals surface area contributed by atoms with Crippen LogP contribution >= 0.6 is 11.3 Å². The summed E-state index contributed by atoms with van der Waals surface area (Å²) in [7, 11) is 1.97. The average Bonchev–Trinajstić information content (AvgIpc) is 2.30. The normalized spacial score (nSPS) is 9.90. The Kier molecular flexibility index (Phi) is 2.33. The number of aryl methyl sites for hydroxylation is 2. The fourth-order valence-corrected chi connectivity index (χ4v) is 1.93. The van der Waals surface area contributed by atoms with E-state index in [-0.39, 0.29) is 0 Å². The first-order chi connectivity index (χ1) is 4.77. The van der Waals surface area contributed by atoms with Crippen LogP contribution in [0.4, 0.5) is 5.00 Å². The van der Waals surface area contributed by atoms with E-state index in [0.717, 1.165) is 6.42 Å². The molecule has 0 saturated carbocycles. The summed E-state index contributed by atoms with van der Waals surface area (Å²) >= 11 is 1.85. The second kappa shape index (κ2) is 3.06. The Balaban J connectivity index is 2.92. The van der Waals surface area contributed by atoms with Crippen LogP contribution in [0.1, 0.15) is 17.4 Å². The van der Waals surface area contributed by atoms with Crippen LogP contribution in [0.3, 0.4) is 0 Å². The van der Waals surface area contributed by atoms with E-state index in [1.807, 2.05) is 18.4 Å². The second-order valence-electron chi connectivity index (χ2n) is 2.33. The minimum Gasteiger partial charge on any atom is -0.380 e. The Bertz CT molecular complexity index is 215. The molecular formula is C8H13NS. The van der Waals surface area contributed by atoms with Gasteiger partial charge < -0.3 is 5.32 Å². The summed E-state index contributed by atoms with van der Waals surface area (Å²) < 4.78 is 0. The lowest BCUT2D eigenvalue weighted by atomic mass is 10.3. The van der Waals surface area contributed by atoms with Crippen molar-refractivity contribution in [2.45, 2.75) is 20.3 Å². The van der Waals surface area contributed by atoms with Crippen molar-refractivity contribution in [3.05, 3.63) is 16.5 Å². The molecule has 0 atom stereocenters. The fourth-order valence-electron chi connectivity index (χ4n) is 0.971. The molecule has 1 aromatic rings. The first-order valence-corrected chi connectivity index (χ1v) is 4.36. The minimum absolute atomic E-state index is 1.15. The molecule has 10 heavy (non-hydrogen) atoms. The summed E-state index contributed by atoms with van der Waals surface area (Å²) in [6, 6.07) is 2.25. The number of anilines is 1. The molecule has 1 nitrogen and oxygen atoms in total. The van der Waals surface area contributed by atoms with Crippen LogP contribution in [-0.2, 0) is 6.42 Å². The Hall–Kier alpha value is -0.500. The van der Waals surface area contributed by atoms with Gasteiger partial charge in [0.2, 0.25) is 0 Å². The van der Waals surface area contributed by atoms with Crippen molar-refractivity contribution in [3.8, 4) is 0 Å². The smallest absolute Gasteiger partial charge is 0.0912 e. The molecule has 0 amide bonds. The van der Waals surface area contributed by atoms with Crippen LogP contribution in [0.15, 0.2) is 6.07 Å². The number of rotatable bonds is 2. The largest absolute Gasteiger partial charge is 0.380 e. The van der Waals surface area contributed by atoms with Crippen LogP contribution in [-0.4, -0.2) is 7.05 Å². The second-order valence-corrected chi connectivity index (χ2v) is 3.47. The highest BCUT2D eigenvalue weighted by Crippen LogP contribution is 2.26. The van der Waals surface area contributed by atoms with Crippen LogP contribution in [0.2, 0.25) is 0 Å². The molecule has 1 heterocycles. The maximum absolute atomic E-state index is 3.17. The topological polar surface area (TPSA) is 12.0 Å². The summed E-state index contributed by atoms with van der Waals surface area (Å²) in [5.74, 6) is 0. The van der Waals surface area contributed by atoms with Gasteiger partial charge in [-0.25, -0.2) is 0 Å². The number of hydrogen-bond acceptors (Lipinski definition) is 2. The molecule has 56 valence electrons. The maximum Gasteiger partial charge on any atom is 0.0912 e. The van der Waals surface area contributed by atoms with Gasteiger partial charge in [0.15, 0.2) is 0 Å². The lowest BCUT2D eigenvalue weighted by molar-refractivity contribution is 1.18. The Morgan fingerprint density at radius 3 is 2.60 bits per heavy atom. The molecule has 0 bridgehead atoms. The number of nitrogens with one attached hydrogen (secondary N) is 1. The highest BCUT2D eigenvalue weighted by Gasteiger charge is 2.00. The molecule has 0 aromatic carbocycles. The third-order valence-electron chi connectivity index (χ3n) is 1.54. The van der Waals surface area contributed by atoms with E-state index < -0.39 is 0 Å². The van der Waals surface area contributed by atoms with Gasteiger partial charge in [-0.3, -0.25) is 0 Å². The lowest BCUT2D eigenvalue weighted by Gasteiger charge is -1.92. The van der Waals surface area contributed by atoms with E-state index in [1.54, 1.807) is 0 Å². The summed E-state index contributed by atoms with van der Waals surface area (Å²) in [6.45, 7) is 4.33. The average molecular weight is 155 g/mol. The molecule has 0 aliphatic heterocycles. The van der Waals surface area contributed by atoms with Gasteiger partial charge in [-0.1, -0.05) is 6.92 Å². The van der Waals surface area contributed by atoms with Gasteiger partial charge in [0.25, 0.3) is 0 Å². The summed E-state index contributed by atoms with van der Waals surface area (Å²) in [4.78, 5) is 1.46. The summed E-state index contributed by atoms with van der Waals surface area (Å²) in [6.07, 6.45) is 1.15. The van der Waals surface area contributed by atoms with Crippen LogP contribution in [0.25, 0.3) is 0 Å². The zero-order chi connectivity index (χ0) is 7.56. The molecule has 0 aliphatic carbocycles. The van der Waals surface area contributed by atoms with E-state index in [1.165, 1.54) is 15.4 Å². The molecule has 0 spiro atoms.